The lowest BCUT2D eigenvalue weighted by Gasteiger charge is -2.01. The molecule has 0 radical (unpaired) electrons. The third kappa shape index (κ3) is 2.09. The quantitative estimate of drug-likeness (QED) is 0.759. The zero-order valence-electron chi connectivity index (χ0n) is 9.69. The highest BCUT2D eigenvalue weighted by Gasteiger charge is 2.06. The van der Waals surface area contributed by atoms with E-state index in [-0.39, 0.29) is 0 Å². The maximum atomic E-state index is 5.12. The highest BCUT2D eigenvalue weighted by atomic mass is 16.5. The summed E-state index contributed by atoms with van der Waals surface area (Å²) in [4.78, 5) is 8.22. The van der Waals surface area contributed by atoms with Crippen molar-refractivity contribution < 1.29 is 4.74 Å². The summed E-state index contributed by atoms with van der Waals surface area (Å²) in [5.41, 5.74) is 0.925. The van der Waals surface area contributed by atoms with Gasteiger partial charge in [0.25, 0.3) is 0 Å². The number of nitrogens with zero attached hydrogens (tertiary/aromatic N) is 3. The summed E-state index contributed by atoms with van der Waals surface area (Å²) in [7, 11) is 1.62. The maximum Gasteiger partial charge on any atom is 0.225 e. The number of methoxy groups -OCH3 is 1. The van der Waals surface area contributed by atoms with Crippen LogP contribution in [0.4, 0.5) is 0 Å². The van der Waals surface area contributed by atoms with Crippen molar-refractivity contribution in [3.05, 3.63) is 18.6 Å². The molecule has 0 fully saturated rings. The van der Waals surface area contributed by atoms with Crippen molar-refractivity contribution in [1.29, 1.82) is 0 Å². The third-order valence-electron chi connectivity index (χ3n) is 2.05. The number of aromatic nitrogens is 3. The van der Waals surface area contributed by atoms with Gasteiger partial charge in [0.1, 0.15) is 12.0 Å². The van der Waals surface area contributed by atoms with E-state index in [2.05, 4.69) is 21.5 Å². The van der Waals surface area contributed by atoms with Crippen LogP contribution in [0.5, 0.6) is 5.88 Å². The Kier molecular flexibility index (Phi) is 4.09. The van der Waals surface area contributed by atoms with Crippen molar-refractivity contribution in [2.24, 2.45) is 0 Å². The molecule has 0 N–H and O–H groups in total. The summed E-state index contributed by atoms with van der Waals surface area (Å²) in [6.45, 7) is 6.98. The third-order valence-corrected chi connectivity index (χ3v) is 2.05. The SMILES string of the molecule is CC.CCn1ccc2c(OC)ncnc21. The number of hydrogen-bond acceptors (Lipinski definition) is 3. The van der Waals surface area contributed by atoms with Crippen molar-refractivity contribution in [3.8, 4) is 5.88 Å². The van der Waals surface area contributed by atoms with Gasteiger partial charge in [0.05, 0.1) is 12.5 Å². The van der Waals surface area contributed by atoms with Gasteiger partial charge in [-0.1, -0.05) is 13.8 Å². The van der Waals surface area contributed by atoms with Crippen LogP contribution in [0.3, 0.4) is 0 Å². The Labute approximate surface area is 89.9 Å². The van der Waals surface area contributed by atoms with Crippen LogP contribution in [0.1, 0.15) is 20.8 Å². The molecule has 0 aliphatic carbocycles. The number of fused-ring (bicyclic) bond motifs is 1. The molecule has 0 amide bonds. The van der Waals surface area contributed by atoms with Gasteiger partial charge < -0.3 is 9.30 Å². The molecule has 4 nitrogen and oxygen atoms in total. The molecule has 0 aromatic carbocycles. The first-order valence-electron chi connectivity index (χ1n) is 5.20. The second-order valence-electron chi connectivity index (χ2n) is 2.72. The molecule has 0 aliphatic rings. The van der Waals surface area contributed by atoms with Gasteiger partial charge in [0.15, 0.2) is 0 Å². The standard InChI is InChI=1S/C9H11N3O.C2H6/c1-3-12-5-4-7-8(12)10-6-11-9(7)13-2;1-2/h4-6H,3H2,1-2H3;1-2H3. The summed E-state index contributed by atoms with van der Waals surface area (Å²) in [6, 6.07) is 1.97. The van der Waals surface area contributed by atoms with Crippen LogP contribution in [-0.4, -0.2) is 21.6 Å². The molecule has 0 unspecified atom stereocenters. The summed E-state index contributed by atoms with van der Waals surface area (Å²) < 4.78 is 7.18. The molecule has 2 aromatic heterocycles. The fourth-order valence-corrected chi connectivity index (χ4v) is 1.40. The predicted octanol–water partition coefficient (Wildman–Crippen LogP) is 2.49. The summed E-state index contributed by atoms with van der Waals surface area (Å²) >= 11 is 0. The van der Waals surface area contributed by atoms with Crippen LogP contribution in [0.2, 0.25) is 0 Å². The molecule has 15 heavy (non-hydrogen) atoms. The smallest absolute Gasteiger partial charge is 0.225 e. The van der Waals surface area contributed by atoms with Crippen LogP contribution in [-0.2, 0) is 6.54 Å². The van der Waals surface area contributed by atoms with Gasteiger partial charge in [-0.25, -0.2) is 9.97 Å². The Balaban J connectivity index is 0.000000531. The van der Waals surface area contributed by atoms with Crippen LogP contribution in [0, 0.1) is 0 Å². The Morgan fingerprint density at radius 3 is 2.67 bits per heavy atom. The topological polar surface area (TPSA) is 39.9 Å². The van der Waals surface area contributed by atoms with Gasteiger partial charge in [-0.15, -0.1) is 0 Å². The second-order valence-corrected chi connectivity index (χ2v) is 2.72. The Morgan fingerprint density at radius 2 is 2.07 bits per heavy atom. The molecule has 0 saturated heterocycles. The normalized spacial score (nSPS) is 9.60. The lowest BCUT2D eigenvalue weighted by Crippen LogP contribution is -1.95. The van der Waals surface area contributed by atoms with Crippen molar-refractivity contribution in [2.75, 3.05) is 7.11 Å². The molecule has 0 atom stereocenters. The first kappa shape index (κ1) is 11.5. The van der Waals surface area contributed by atoms with Crippen LogP contribution >= 0.6 is 0 Å². The molecule has 0 spiro atoms. The lowest BCUT2D eigenvalue weighted by atomic mass is 10.4. The van der Waals surface area contributed by atoms with E-state index in [1.165, 1.54) is 6.33 Å². The van der Waals surface area contributed by atoms with E-state index >= 15 is 0 Å². The molecular weight excluding hydrogens is 190 g/mol. The van der Waals surface area contributed by atoms with Gasteiger partial charge in [0.2, 0.25) is 5.88 Å². The molecule has 2 rings (SSSR count). The van der Waals surface area contributed by atoms with Crippen molar-refractivity contribution in [3.63, 3.8) is 0 Å². The van der Waals surface area contributed by atoms with Crippen LogP contribution in [0.15, 0.2) is 18.6 Å². The molecule has 2 heterocycles. The number of aryl methyl sites for hydroxylation is 1. The Bertz CT molecular complexity index is 423. The first-order chi connectivity index (χ1) is 7.36. The highest BCUT2D eigenvalue weighted by Crippen LogP contribution is 2.21. The van der Waals surface area contributed by atoms with Crippen LogP contribution in [0.25, 0.3) is 11.0 Å². The van der Waals surface area contributed by atoms with Gasteiger partial charge in [-0.3, -0.25) is 0 Å². The zero-order valence-corrected chi connectivity index (χ0v) is 9.69. The van der Waals surface area contributed by atoms with E-state index in [0.29, 0.717) is 5.88 Å². The molecule has 0 saturated carbocycles. The van der Waals surface area contributed by atoms with Crippen LogP contribution < -0.4 is 4.74 Å². The minimum atomic E-state index is 0.636. The Morgan fingerprint density at radius 1 is 1.33 bits per heavy atom. The fraction of sp³-hybridized carbons (Fsp3) is 0.455. The Hall–Kier alpha value is -1.58. The maximum absolute atomic E-state index is 5.12. The van der Waals surface area contributed by atoms with Gasteiger partial charge >= 0.3 is 0 Å². The highest BCUT2D eigenvalue weighted by molar-refractivity contribution is 5.81. The monoisotopic (exact) mass is 207 g/mol. The molecule has 0 bridgehead atoms. The van der Waals surface area contributed by atoms with E-state index in [0.717, 1.165) is 17.6 Å². The first-order valence-corrected chi connectivity index (χ1v) is 5.20. The lowest BCUT2D eigenvalue weighted by molar-refractivity contribution is 0.402. The number of ether oxygens (including phenoxy) is 1. The van der Waals surface area contributed by atoms with Gasteiger partial charge in [0, 0.05) is 12.7 Å². The van der Waals surface area contributed by atoms with E-state index < -0.39 is 0 Å². The number of hydrogen-bond donors (Lipinski definition) is 0. The molecule has 2 aromatic rings. The summed E-state index contributed by atoms with van der Waals surface area (Å²) in [6.07, 6.45) is 3.51. The second kappa shape index (κ2) is 5.34. The fourth-order valence-electron chi connectivity index (χ4n) is 1.40. The van der Waals surface area contributed by atoms with Gasteiger partial charge in [-0.2, -0.15) is 0 Å². The molecule has 0 aliphatic heterocycles. The van der Waals surface area contributed by atoms with Gasteiger partial charge in [-0.05, 0) is 13.0 Å². The predicted molar refractivity (Wildman–Crippen MR) is 61.1 cm³/mol. The average molecular weight is 207 g/mol. The van der Waals surface area contributed by atoms with E-state index in [4.69, 9.17) is 4.74 Å². The minimum absolute atomic E-state index is 0.636. The van der Waals surface area contributed by atoms with E-state index in [1.807, 2.05) is 26.1 Å². The van der Waals surface area contributed by atoms with Crippen molar-refractivity contribution in [2.45, 2.75) is 27.3 Å². The molecule has 4 heteroatoms. The van der Waals surface area contributed by atoms with E-state index in [9.17, 15) is 0 Å². The minimum Gasteiger partial charge on any atom is -0.480 e. The zero-order chi connectivity index (χ0) is 11.3. The molecular formula is C11H17N3O. The van der Waals surface area contributed by atoms with Crippen molar-refractivity contribution >= 4 is 11.0 Å². The summed E-state index contributed by atoms with van der Waals surface area (Å²) in [5.74, 6) is 0.636. The number of rotatable bonds is 2. The van der Waals surface area contributed by atoms with E-state index in [1.54, 1.807) is 7.11 Å². The average Bonchev–Trinajstić information content (AvgIpc) is 2.74. The molecule has 82 valence electrons. The largest absolute Gasteiger partial charge is 0.480 e. The van der Waals surface area contributed by atoms with Crippen molar-refractivity contribution in [1.82, 2.24) is 14.5 Å². The summed E-state index contributed by atoms with van der Waals surface area (Å²) in [5, 5.41) is 0.965.